The van der Waals surface area contributed by atoms with Crippen molar-refractivity contribution in [2.24, 2.45) is 0 Å². The number of amides is 1. The number of rotatable bonds is 4. The molecule has 0 atom stereocenters. The molecule has 0 saturated carbocycles. The van der Waals surface area contributed by atoms with Gasteiger partial charge in [-0.1, -0.05) is 15.9 Å². The lowest BCUT2D eigenvalue weighted by Gasteiger charge is -2.28. The summed E-state index contributed by atoms with van der Waals surface area (Å²) >= 11 is 3.33. The van der Waals surface area contributed by atoms with Gasteiger partial charge >= 0.3 is 0 Å². The Bertz CT molecular complexity index is 489. The maximum absolute atomic E-state index is 11.8. The van der Waals surface area contributed by atoms with Gasteiger partial charge < -0.3 is 9.47 Å². The second-order valence-electron chi connectivity index (χ2n) is 3.85. The van der Waals surface area contributed by atoms with E-state index in [2.05, 4.69) is 15.9 Å². The van der Waals surface area contributed by atoms with Crippen molar-refractivity contribution < 1.29 is 19.1 Å². The summed E-state index contributed by atoms with van der Waals surface area (Å²) in [4.78, 5) is 24.8. The molecule has 0 fully saturated rings. The number of fused-ring (bicyclic) bond motifs is 1. The second-order valence-corrected chi connectivity index (χ2v) is 4.77. The molecule has 1 aliphatic rings. The van der Waals surface area contributed by atoms with Crippen LogP contribution in [0.25, 0.3) is 0 Å². The molecule has 0 aliphatic carbocycles. The minimum Gasteiger partial charge on any atom is -0.482 e. The van der Waals surface area contributed by atoms with E-state index in [1.807, 2.05) is 6.07 Å². The summed E-state index contributed by atoms with van der Waals surface area (Å²) in [6, 6.07) is 5.34. The first-order valence-electron chi connectivity index (χ1n) is 5.35. The van der Waals surface area contributed by atoms with Crippen molar-refractivity contribution in [2.75, 3.05) is 31.8 Å². The number of ether oxygens (including phenoxy) is 2. The van der Waals surface area contributed by atoms with Gasteiger partial charge in [0.1, 0.15) is 12.4 Å². The van der Waals surface area contributed by atoms with E-state index in [0.717, 1.165) is 4.47 Å². The van der Waals surface area contributed by atoms with Crippen LogP contribution in [0.3, 0.4) is 0 Å². The van der Waals surface area contributed by atoms with E-state index in [9.17, 15) is 9.59 Å². The maximum Gasteiger partial charge on any atom is 0.265 e. The minimum atomic E-state index is -0.231. The van der Waals surface area contributed by atoms with Gasteiger partial charge in [0.25, 0.3) is 5.91 Å². The molecule has 18 heavy (non-hydrogen) atoms. The zero-order valence-corrected chi connectivity index (χ0v) is 11.4. The summed E-state index contributed by atoms with van der Waals surface area (Å²) < 4.78 is 10.9. The predicted molar refractivity (Wildman–Crippen MR) is 68.9 cm³/mol. The fourth-order valence-corrected chi connectivity index (χ4v) is 2.08. The Hall–Kier alpha value is -1.40. The summed E-state index contributed by atoms with van der Waals surface area (Å²) in [5, 5.41) is 0. The van der Waals surface area contributed by atoms with Gasteiger partial charge in [0.15, 0.2) is 12.4 Å². The average Bonchev–Trinajstić information content (AvgIpc) is 2.33. The Balaban J connectivity index is 2.27. The monoisotopic (exact) mass is 313 g/mol. The molecular formula is C12H12BrNO4. The van der Waals surface area contributed by atoms with Crippen LogP contribution in [0.4, 0.5) is 5.69 Å². The van der Waals surface area contributed by atoms with E-state index in [1.54, 1.807) is 12.1 Å². The molecule has 0 bridgehead atoms. The maximum atomic E-state index is 11.8. The highest BCUT2D eigenvalue weighted by Gasteiger charge is 2.27. The Morgan fingerprint density at radius 1 is 1.56 bits per heavy atom. The van der Waals surface area contributed by atoms with Gasteiger partial charge in [-0.3, -0.25) is 14.5 Å². The van der Waals surface area contributed by atoms with Crippen molar-refractivity contribution in [3.8, 4) is 5.75 Å². The normalized spacial score (nSPS) is 14.1. The largest absolute Gasteiger partial charge is 0.482 e. The van der Waals surface area contributed by atoms with E-state index < -0.39 is 0 Å². The number of anilines is 1. The van der Waals surface area contributed by atoms with Crippen LogP contribution >= 0.6 is 15.9 Å². The Labute approximate surface area is 113 Å². The fourth-order valence-electron chi connectivity index (χ4n) is 1.73. The van der Waals surface area contributed by atoms with Crippen molar-refractivity contribution >= 4 is 33.3 Å². The summed E-state index contributed by atoms with van der Waals surface area (Å²) in [6.45, 7) is -0.0532. The third-order valence-corrected chi connectivity index (χ3v) is 3.00. The quantitative estimate of drug-likeness (QED) is 0.843. The van der Waals surface area contributed by atoms with Crippen molar-refractivity contribution in [3.63, 3.8) is 0 Å². The molecule has 1 amide bonds. The number of carbonyl (C=O) groups is 2. The highest BCUT2D eigenvalue weighted by atomic mass is 79.9. The molecule has 5 nitrogen and oxygen atoms in total. The molecule has 0 saturated heterocycles. The van der Waals surface area contributed by atoms with Crippen LogP contribution in [0.5, 0.6) is 5.75 Å². The van der Waals surface area contributed by atoms with Crippen LogP contribution < -0.4 is 9.64 Å². The van der Waals surface area contributed by atoms with Crippen molar-refractivity contribution in [1.29, 1.82) is 0 Å². The molecule has 0 radical (unpaired) electrons. The third kappa shape index (κ3) is 2.70. The molecule has 6 heteroatoms. The van der Waals surface area contributed by atoms with Crippen LogP contribution in [0.2, 0.25) is 0 Å². The van der Waals surface area contributed by atoms with Gasteiger partial charge in [0.2, 0.25) is 0 Å². The van der Waals surface area contributed by atoms with Crippen molar-refractivity contribution in [2.45, 2.75) is 0 Å². The molecule has 1 aliphatic heterocycles. The number of nitrogens with zero attached hydrogens (tertiary/aromatic N) is 1. The highest BCUT2D eigenvalue weighted by molar-refractivity contribution is 9.10. The second kappa shape index (κ2) is 5.49. The Morgan fingerprint density at radius 2 is 2.33 bits per heavy atom. The van der Waals surface area contributed by atoms with Crippen LogP contribution in [-0.4, -0.2) is 38.6 Å². The van der Waals surface area contributed by atoms with Gasteiger partial charge in [-0.15, -0.1) is 0 Å². The summed E-state index contributed by atoms with van der Waals surface area (Å²) in [5.74, 6) is 0.215. The third-order valence-electron chi connectivity index (χ3n) is 2.50. The number of hydrogen-bond acceptors (Lipinski definition) is 4. The van der Waals surface area contributed by atoms with E-state index in [1.165, 1.54) is 12.0 Å². The predicted octanol–water partition coefficient (Wildman–Crippen LogP) is 1.39. The smallest absolute Gasteiger partial charge is 0.265 e. The number of hydrogen-bond donors (Lipinski definition) is 0. The molecule has 1 aromatic rings. The van der Waals surface area contributed by atoms with Gasteiger partial charge in [-0.25, -0.2) is 0 Å². The Morgan fingerprint density at radius 3 is 3.06 bits per heavy atom. The molecule has 0 N–H and O–H groups in total. The number of ketones is 1. The topological polar surface area (TPSA) is 55.8 Å². The first-order chi connectivity index (χ1) is 8.61. The zero-order chi connectivity index (χ0) is 13.1. The van der Waals surface area contributed by atoms with Crippen molar-refractivity contribution in [3.05, 3.63) is 22.7 Å². The molecule has 0 aromatic heterocycles. The van der Waals surface area contributed by atoms with Gasteiger partial charge in [0.05, 0.1) is 12.2 Å². The van der Waals surface area contributed by atoms with Crippen LogP contribution in [0.15, 0.2) is 22.7 Å². The number of halogens is 1. The van der Waals surface area contributed by atoms with Crippen molar-refractivity contribution in [1.82, 2.24) is 0 Å². The standard InChI is InChI=1S/C12H12BrNO4/c1-17-6-9(15)5-14-10-4-8(13)2-3-11(10)18-7-12(14)16/h2-4H,5-7H2,1H3. The number of methoxy groups -OCH3 is 1. The van der Waals surface area contributed by atoms with Gasteiger partial charge in [-0.2, -0.15) is 0 Å². The number of Topliss-reactive ketones (excluding diaryl/α,β-unsaturated/α-hetero) is 1. The lowest BCUT2D eigenvalue weighted by Crippen LogP contribution is -2.42. The minimum absolute atomic E-state index is 0.000509. The SMILES string of the molecule is COCC(=O)CN1C(=O)COc2ccc(Br)cc21. The van der Waals surface area contributed by atoms with E-state index in [-0.39, 0.29) is 31.4 Å². The number of carbonyl (C=O) groups excluding carboxylic acids is 2. The summed E-state index contributed by atoms with van der Waals surface area (Å²) in [6.07, 6.45) is 0. The van der Waals surface area contributed by atoms with E-state index in [0.29, 0.717) is 11.4 Å². The zero-order valence-electron chi connectivity index (χ0n) is 9.81. The molecule has 1 aromatic carbocycles. The average molecular weight is 314 g/mol. The lowest BCUT2D eigenvalue weighted by atomic mass is 10.2. The first kappa shape index (κ1) is 13.0. The highest BCUT2D eigenvalue weighted by Crippen LogP contribution is 2.34. The molecule has 1 heterocycles. The lowest BCUT2D eigenvalue weighted by molar-refractivity contribution is -0.126. The molecular weight excluding hydrogens is 302 g/mol. The number of benzene rings is 1. The Kier molecular flexibility index (Phi) is 3.98. The van der Waals surface area contributed by atoms with Gasteiger partial charge in [-0.05, 0) is 18.2 Å². The first-order valence-corrected chi connectivity index (χ1v) is 6.14. The summed E-state index contributed by atoms with van der Waals surface area (Å²) in [7, 11) is 1.45. The summed E-state index contributed by atoms with van der Waals surface area (Å²) in [5.41, 5.74) is 0.602. The molecule has 0 unspecified atom stereocenters. The van der Waals surface area contributed by atoms with Crippen LogP contribution in [0, 0.1) is 0 Å². The van der Waals surface area contributed by atoms with Gasteiger partial charge in [0, 0.05) is 11.6 Å². The van der Waals surface area contributed by atoms with E-state index in [4.69, 9.17) is 9.47 Å². The molecule has 2 rings (SSSR count). The van der Waals surface area contributed by atoms with Crippen LogP contribution in [0.1, 0.15) is 0 Å². The molecule has 0 spiro atoms. The fraction of sp³-hybridized carbons (Fsp3) is 0.333. The van der Waals surface area contributed by atoms with E-state index >= 15 is 0 Å². The molecule has 96 valence electrons. The van der Waals surface area contributed by atoms with Crippen LogP contribution in [-0.2, 0) is 14.3 Å².